The Morgan fingerprint density at radius 1 is 1.05 bits per heavy atom. The predicted octanol–water partition coefficient (Wildman–Crippen LogP) is 1.95. The smallest absolute Gasteiger partial charge is 0.253 e. The lowest BCUT2D eigenvalue weighted by molar-refractivity contribution is 0.0910. The molecular weight excluding hydrogens is 242 g/mol. The maximum atomic E-state index is 11.4. The standard InChI is InChI=1S/C15H15NO3/c17-11-16-15(18)13-6-8-14(9-7-13)19-10-12-4-2-1-3-5-12/h1-9,17H,10-11H2,(H,16,18). The first-order valence-electron chi connectivity index (χ1n) is 5.95. The Morgan fingerprint density at radius 3 is 2.37 bits per heavy atom. The van der Waals surface area contributed by atoms with Crippen molar-refractivity contribution in [1.29, 1.82) is 0 Å². The number of rotatable bonds is 5. The van der Waals surface area contributed by atoms with E-state index in [1.165, 1.54) is 0 Å². The highest BCUT2D eigenvalue weighted by atomic mass is 16.5. The number of aliphatic hydroxyl groups excluding tert-OH is 1. The molecule has 0 aliphatic heterocycles. The minimum atomic E-state index is -0.370. The van der Waals surface area contributed by atoms with Gasteiger partial charge in [-0.15, -0.1) is 0 Å². The van der Waals surface area contributed by atoms with Gasteiger partial charge in [-0.3, -0.25) is 4.79 Å². The van der Waals surface area contributed by atoms with E-state index in [9.17, 15) is 4.79 Å². The normalized spacial score (nSPS) is 9.95. The van der Waals surface area contributed by atoms with Crippen LogP contribution in [0.4, 0.5) is 0 Å². The Bertz CT molecular complexity index is 523. The van der Waals surface area contributed by atoms with Crippen LogP contribution in [0.15, 0.2) is 54.6 Å². The number of hydrogen-bond acceptors (Lipinski definition) is 3. The molecule has 19 heavy (non-hydrogen) atoms. The molecule has 0 saturated carbocycles. The molecule has 2 N–H and O–H groups in total. The molecule has 98 valence electrons. The highest BCUT2D eigenvalue weighted by molar-refractivity contribution is 5.94. The van der Waals surface area contributed by atoms with E-state index < -0.39 is 0 Å². The Hall–Kier alpha value is -2.33. The third-order valence-electron chi connectivity index (χ3n) is 2.60. The van der Waals surface area contributed by atoms with Crippen molar-refractivity contribution in [2.75, 3.05) is 6.73 Å². The summed E-state index contributed by atoms with van der Waals surface area (Å²) in [7, 11) is 0. The summed E-state index contributed by atoms with van der Waals surface area (Å²) in [5, 5.41) is 10.9. The van der Waals surface area contributed by atoms with E-state index in [2.05, 4.69) is 5.32 Å². The number of nitrogens with one attached hydrogen (secondary N) is 1. The number of carbonyl (C=O) groups is 1. The first-order chi connectivity index (χ1) is 9.29. The van der Waals surface area contributed by atoms with Crippen LogP contribution < -0.4 is 10.1 Å². The van der Waals surface area contributed by atoms with Crippen LogP contribution in [0.3, 0.4) is 0 Å². The van der Waals surface area contributed by atoms with Gasteiger partial charge in [0.2, 0.25) is 0 Å². The van der Waals surface area contributed by atoms with E-state index in [1.807, 2.05) is 30.3 Å². The summed E-state index contributed by atoms with van der Waals surface area (Å²) in [5.74, 6) is 0.390. The number of hydrogen-bond donors (Lipinski definition) is 2. The van der Waals surface area contributed by atoms with Gasteiger partial charge in [-0.05, 0) is 29.8 Å². The largest absolute Gasteiger partial charge is 0.489 e. The average molecular weight is 257 g/mol. The van der Waals surface area contributed by atoms with Crippen molar-refractivity contribution in [2.24, 2.45) is 0 Å². The molecule has 0 saturated heterocycles. The monoisotopic (exact) mass is 257 g/mol. The van der Waals surface area contributed by atoms with Crippen molar-refractivity contribution < 1.29 is 14.6 Å². The summed E-state index contributed by atoms with van der Waals surface area (Å²) in [4.78, 5) is 11.4. The summed E-state index contributed by atoms with van der Waals surface area (Å²) in [6, 6.07) is 16.6. The van der Waals surface area contributed by atoms with Crippen LogP contribution >= 0.6 is 0 Å². The van der Waals surface area contributed by atoms with E-state index in [0.717, 1.165) is 5.56 Å². The number of carbonyl (C=O) groups excluding carboxylic acids is 1. The maximum absolute atomic E-state index is 11.4. The average Bonchev–Trinajstić information content (AvgIpc) is 2.47. The molecule has 0 aliphatic carbocycles. The minimum Gasteiger partial charge on any atom is -0.489 e. The molecule has 0 aliphatic rings. The molecule has 0 atom stereocenters. The minimum absolute atomic E-state index is 0.308. The van der Waals surface area contributed by atoms with E-state index in [-0.39, 0.29) is 12.6 Å². The topological polar surface area (TPSA) is 58.6 Å². The molecule has 2 aromatic carbocycles. The number of ether oxygens (including phenoxy) is 1. The lowest BCUT2D eigenvalue weighted by atomic mass is 10.2. The molecule has 1 amide bonds. The van der Waals surface area contributed by atoms with Gasteiger partial charge in [-0.25, -0.2) is 0 Å². The molecule has 4 nitrogen and oxygen atoms in total. The van der Waals surface area contributed by atoms with Gasteiger partial charge < -0.3 is 15.2 Å². The molecule has 0 heterocycles. The van der Waals surface area contributed by atoms with E-state index in [1.54, 1.807) is 24.3 Å². The second kappa shape index (κ2) is 6.56. The van der Waals surface area contributed by atoms with Crippen molar-refractivity contribution in [3.05, 3.63) is 65.7 Å². The van der Waals surface area contributed by atoms with E-state index in [4.69, 9.17) is 9.84 Å². The van der Waals surface area contributed by atoms with Crippen molar-refractivity contribution in [1.82, 2.24) is 5.32 Å². The molecule has 0 radical (unpaired) electrons. The molecule has 0 spiro atoms. The molecule has 0 unspecified atom stereocenters. The Kier molecular flexibility index (Phi) is 4.53. The summed E-state index contributed by atoms with van der Waals surface area (Å²) in [6.07, 6.45) is 0. The molecular formula is C15H15NO3. The Labute approximate surface area is 111 Å². The summed E-state index contributed by atoms with van der Waals surface area (Å²) < 4.78 is 5.61. The first kappa shape index (κ1) is 13.1. The number of amides is 1. The van der Waals surface area contributed by atoms with Crippen LogP contribution in [-0.4, -0.2) is 17.7 Å². The first-order valence-corrected chi connectivity index (χ1v) is 5.95. The summed E-state index contributed by atoms with van der Waals surface area (Å²) >= 11 is 0. The van der Waals surface area contributed by atoms with Crippen LogP contribution in [0.1, 0.15) is 15.9 Å². The number of aliphatic hydroxyl groups is 1. The van der Waals surface area contributed by atoms with Crippen LogP contribution in [0.25, 0.3) is 0 Å². The van der Waals surface area contributed by atoms with Crippen molar-refractivity contribution in [2.45, 2.75) is 6.61 Å². The zero-order valence-electron chi connectivity index (χ0n) is 10.4. The van der Waals surface area contributed by atoms with Crippen molar-refractivity contribution in [3.63, 3.8) is 0 Å². The second-order valence-corrected chi connectivity index (χ2v) is 3.96. The molecule has 0 aromatic heterocycles. The van der Waals surface area contributed by atoms with E-state index in [0.29, 0.717) is 17.9 Å². The van der Waals surface area contributed by atoms with Gasteiger partial charge in [0.05, 0.1) is 0 Å². The van der Waals surface area contributed by atoms with Gasteiger partial charge in [-0.1, -0.05) is 30.3 Å². The fourth-order valence-electron chi connectivity index (χ4n) is 1.62. The van der Waals surface area contributed by atoms with Gasteiger partial charge in [0, 0.05) is 5.56 Å². The highest BCUT2D eigenvalue weighted by Gasteiger charge is 2.04. The zero-order valence-corrected chi connectivity index (χ0v) is 10.4. The molecule has 4 heteroatoms. The van der Waals surface area contributed by atoms with Gasteiger partial charge in [-0.2, -0.15) is 0 Å². The summed E-state index contributed by atoms with van der Waals surface area (Å²) in [5.41, 5.74) is 1.57. The fraction of sp³-hybridized carbons (Fsp3) is 0.133. The van der Waals surface area contributed by atoms with Crippen LogP contribution in [0, 0.1) is 0 Å². The second-order valence-electron chi connectivity index (χ2n) is 3.96. The van der Waals surface area contributed by atoms with Crippen LogP contribution in [0.2, 0.25) is 0 Å². The van der Waals surface area contributed by atoms with Gasteiger partial charge >= 0.3 is 0 Å². The Balaban J connectivity index is 1.94. The molecule has 0 bridgehead atoms. The van der Waals surface area contributed by atoms with Crippen molar-refractivity contribution >= 4 is 5.91 Å². The SMILES string of the molecule is O=C(NCO)c1ccc(OCc2ccccc2)cc1. The third-order valence-corrected chi connectivity index (χ3v) is 2.60. The third kappa shape index (κ3) is 3.82. The lowest BCUT2D eigenvalue weighted by Gasteiger charge is -2.07. The van der Waals surface area contributed by atoms with Gasteiger partial charge in [0.15, 0.2) is 0 Å². The van der Waals surface area contributed by atoms with E-state index >= 15 is 0 Å². The fourth-order valence-corrected chi connectivity index (χ4v) is 1.62. The van der Waals surface area contributed by atoms with Crippen molar-refractivity contribution in [3.8, 4) is 5.75 Å². The molecule has 2 aromatic rings. The zero-order chi connectivity index (χ0) is 13.5. The van der Waals surface area contributed by atoms with Crippen LogP contribution in [0.5, 0.6) is 5.75 Å². The Morgan fingerprint density at radius 2 is 1.74 bits per heavy atom. The highest BCUT2D eigenvalue weighted by Crippen LogP contribution is 2.14. The quantitative estimate of drug-likeness (QED) is 0.805. The van der Waals surface area contributed by atoms with Crippen LogP contribution in [-0.2, 0) is 6.61 Å². The number of benzene rings is 2. The predicted molar refractivity (Wildman–Crippen MR) is 71.8 cm³/mol. The van der Waals surface area contributed by atoms with Gasteiger partial charge in [0.25, 0.3) is 5.91 Å². The molecule has 0 fully saturated rings. The lowest BCUT2D eigenvalue weighted by Crippen LogP contribution is -2.23. The molecule has 2 rings (SSSR count). The maximum Gasteiger partial charge on any atom is 0.253 e. The summed E-state index contributed by atoms with van der Waals surface area (Å²) in [6.45, 7) is 0.119. The van der Waals surface area contributed by atoms with Gasteiger partial charge in [0.1, 0.15) is 19.1 Å².